The standard InChI is InChI=1S/C14H22IN3OS/c1-4-5-16-14-11(15)12(9(2)3)17-13(18-14)10-8-20-7-6-19-10/h9-10H,4-8H2,1-3H3,(H,16,17,18). The first-order chi connectivity index (χ1) is 9.63. The molecule has 1 aliphatic rings. The van der Waals surface area contributed by atoms with Crippen LogP contribution in [0.2, 0.25) is 0 Å². The van der Waals surface area contributed by atoms with Crippen LogP contribution in [-0.4, -0.2) is 34.6 Å². The summed E-state index contributed by atoms with van der Waals surface area (Å²) in [4.78, 5) is 9.48. The molecule has 2 rings (SSSR count). The minimum Gasteiger partial charge on any atom is -0.369 e. The quantitative estimate of drug-likeness (QED) is 0.752. The molecular formula is C14H22IN3OS. The van der Waals surface area contributed by atoms with Gasteiger partial charge in [0, 0.05) is 18.1 Å². The molecule has 1 aromatic rings. The van der Waals surface area contributed by atoms with Gasteiger partial charge in [0.2, 0.25) is 0 Å². The molecule has 0 saturated carbocycles. The van der Waals surface area contributed by atoms with E-state index in [4.69, 9.17) is 14.7 Å². The van der Waals surface area contributed by atoms with Gasteiger partial charge in [0.25, 0.3) is 0 Å². The van der Waals surface area contributed by atoms with Crippen LogP contribution in [0.25, 0.3) is 0 Å². The van der Waals surface area contributed by atoms with Gasteiger partial charge in [-0.1, -0.05) is 20.8 Å². The van der Waals surface area contributed by atoms with Gasteiger partial charge in [-0.2, -0.15) is 11.8 Å². The maximum absolute atomic E-state index is 5.82. The van der Waals surface area contributed by atoms with E-state index in [1.807, 2.05) is 11.8 Å². The van der Waals surface area contributed by atoms with E-state index in [1.165, 1.54) is 0 Å². The molecule has 0 bridgehead atoms. The molecule has 0 amide bonds. The lowest BCUT2D eigenvalue weighted by Gasteiger charge is -2.23. The van der Waals surface area contributed by atoms with Gasteiger partial charge in [-0.15, -0.1) is 0 Å². The highest BCUT2D eigenvalue weighted by molar-refractivity contribution is 14.1. The second-order valence-electron chi connectivity index (χ2n) is 5.15. The van der Waals surface area contributed by atoms with Gasteiger partial charge >= 0.3 is 0 Å². The molecule has 1 fully saturated rings. The van der Waals surface area contributed by atoms with E-state index < -0.39 is 0 Å². The number of hydrogen-bond acceptors (Lipinski definition) is 5. The van der Waals surface area contributed by atoms with Crippen molar-refractivity contribution in [3.63, 3.8) is 0 Å². The molecule has 1 aromatic heterocycles. The molecule has 0 radical (unpaired) electrons. The lowest BCUT2D eigenvalue weighted by atomic mass is 10.1. The number of anilines is 1. The highest BCUT2D eigenvalue weighted by Crippen LogP contribution is 2.30. The SMILES string of the molecule is CCCNc1nc(C2CSCCO2)nc(C(C)C)c1I. The summed E-state index contributed by atoms with van der Waals surface area (Å²) in [5.41, 5.74) is 1.12. The maximum atomic E-state index is 5.82. The molecule has 1 N–H and O–H groups in total. The third-order valence-corrected chi connectivity index (χ3v) is 5.14. The predicted molar refractivity (Wildman–Crippen MR) is 93.6 cm³/mol. The topological polar surface area (TPSA) is 47.0 Å². The molecule has 1 saturated heterocycles. The zero-order chi connectivity index (χ0) is 14.5. The van der Waals surface area contributed by atoms with Gasteiger partial charge in [-0.25, -0.2) is 9.97 Å². The summed E-state index contributed by atoms with van der Waals surface area (Å²) in [5, 5.41) is 3.42. The largest absolute Gasteiger partial charge is 0.369 e. The molecule has 6 heteroatoms. The fourth-order valence-electron chi connectivity index (χ4n) is 2.01. The minimum absolute atomic E-state index is 0.0328. The molecule has 1 unspecified atom stereocenters. The zero-order valence-corrected chi connectivity index (χ0v) is 15.3. The smallest absolute Gasteiger partial charge is 0.160 e. The Hall–Kier alpha value is -0.0800. The van der Waals surface area contributed by atoms with Crippen molar-refractivity contribution in [1.82, 2.24) is 9.97 Å². The second-order valence-corrected chi connectivity index (χ2v) is 7.37. The number of aromatic nitrogens is 2. The number of ether oxygens (including phenoxy) is 1. The Morgan fingerprint density at radius 1 is 1.45 bits per heavy atom. The van der Waals surface area contributed by atoms with Gasteiger partial charge < -0.3 is 10.1 Å². The van der Waals surface area contributed by atoms with E-state index in [1.54, 1.807) is 0 Å². The Bertz CT molecular complexity index is 450. The molecule has 1 atom stereocenters. The Kier molecular flexibility index (Phi) is 6.35. The van der Waals surface area contributed by atoms with Crippen LogP contribution in [0.4, 0.5) is 5.82 Å². The van der Waals surface area contributed by atoms with Gasteiger partial charge in [0.1, 0.15) is 11.9 Å². The fourth-order valence-corrected chi connectivity index (χ4v) is 3.90. The molecular weight excluding hydrogens is 385 g/mol. The van der Waals surface area contributed by atoms with Crippen molar-refractivity contribution in [2.24, 2.45) is 0 Å². The Morgan fingerprint density at radius 3 is 2.85 bits per heavy atom. The Labute approximate surface area is 139 Å². The number of thioether (sulfide) groups is 1. The van der Waals surface area contributed by atoms with Crippen LogP contribution in [0.15, 0.2) is 0 Å². The first kappa shape index (κ1) is 16.3. The molecule has 4 nitrogen and oxygen atoms in total. The van der Waals surface area contributed by atoms with Crippen LogP contribution in [0.5, 0.6) is 0 Å². The van der Waals surface area contributed by atoms with Crippen molar-refractivity contribution in [2.45, 2.75) is 39.2 Å². The van der Waals surface area contributed by atoms with Crippen LogP contribution in [0.3, 0.4) is 0 Å². The number of nitrogens with zero attached hydrogens (tertiary/aromatic N) is 2. The monoisotopic (exact) mass is 407 g/mol. The number of halogens is 1. The molecule has 112 valence electrons. The Balaban J connectivity index is 2.32. The minimum atomic E-state index is 0.0328. The third-order valence-electron chi connectivity index (χ3n) is 3.09. The zero-order valence-electron chi connectivity index (χ0n) is 12.3. The van der Waals surface area contributed by atoms with Crippen LogP contribution in [0, 0.1) is 3.57 Å². The highest BCUT2D eigenvalue weighted by Gasteiger charge is 2.23. The number of nitrogens with one attached hydrogen (secondary N) is 1. The van der Waals surface area contributed by atoms with E-state index in [2.05, 4.69) is 48.7 Å². The van der Waals surface area contributed by atoms with E-state index in [0.717, 1.165) is 52.0 Å². The summed E-state index contributed by atoms with van der Waals surface area (Å²) in [7, 11) is 0. The summed E-state index contributed by atoms with van der Waals surface area (Å²) in [6.45, 7) is 8.23. The summed E-state index contributed by atoms with van der Waals surface area (Å²) in [5.74, 6) is 4.20. The first-order valence-electron chi connectivity index (χ1n) is 7.14. The van der Waals surface area contributed by atoms with Gasteiger partial charge in [-0.3, -0.25) is 0 Å². The van der Waals surface area contributed by atoms with Crippen molar-refractivity contribution in [3.05, 3.63) is 15.1 Å². The normalized spacial score (nSPS) is 19.4. The summed E-state index contributed by atoms with van der Waals surface area (Å²) < 4.78 is 6.96. The van der Waals surface area contributed by atoms with E-state index in [0.29, 0.717) is 5.92 Å². The van der Waals surface area contributed by atoms with Crippen LogP contribution < -0.4 is 5.32 Å². The lowest BCUT2D eigenvalue weighted by molar-refractivity contribution is 0.0693. The van der Waals surface area contributed by atoms with Gasteiger partial charge in [0.05, 0.1) is 15.9 Å². The maximum Gasteiger partial charge on any atom is 0.160 e. The molecule has 0 spiro atoms. The fraction of sp³-hybridized carbons (Fsp3) is 0.714. The predicted octanol–water partition coefficient (Wildman–Crippen LogP) is 3.83. The first-order valence-corrected chi connectivity index (χ1v) is 9.37. The van der Waals surface area contributed by atoms with Crippen molar-refractivity contribution < 1.29 is 4.74 Å². The molecule has 1 aliphatic heterocycles. The third kappa shape index (κ3) is 3.98. The average Bonchev–Trinajstić information content (AvgIpc) is 2.46. The molecule has 2 heterocycles. The average molecular weight is 407 g/mol. The lowest BCUT2D eigenvalue weighted by Crippen LogP contribution is -2.20. The number of hydrogen-bond donors (Lipinski definition) is 1. The number of rotatable bonds is 5. The van der Waals surface area contributed by atoms with Gasteiger partial charge in [0.15, 0.2) is 5.82 Å². The van der Waals surface area contributed by atoms with Crippen molar-refractivity contribution in [2.75, 3.05) is 30.0 Å². The van der Waals surface area contributed by atoms with Crippen molar-refractivity contribution in [3.8, 4) is 0 Å². The Morgan fingerprint density at radius 2 is 2.25 bits per heavy atom. The summed E-state index contributed by atoms with van der Waals surface area (Å²) in [6.07, 6.45) is 1.12. The van der Waals surface area contributed by atoms with Crippen molar-refractivity contribution >= 4 is 40.2 Å². The van der Waals surface area contributed by atoms with Crippen LogP contribution in [-0.2, 0) is 4.74 Å². The molecule has 0 aliphatic carbocycles. The van der Waals surface area contributed by atoms with E-state index >= 15 is 0 Å². The molecule has 20 heavy (non-hydrogen) atoms. The highest BCUT2D eigenvalue weighted by atomic mass is 127. The summed E-state index contributed by atoms with van der Waals surface area (Å²) >= 11 is 4.26. The summed E-state index contributed by atoms with van der Waals surface area (Å²) in [6, 6.07) is 0. The van der Waals surface area contributed by atoms with E-state index in [9.17, 15) is 0 Å². The van der Waals surface area contributed by atoms with E-state index in [-0.39, 0.29) is 6.10 Å². The van der Waals surface area contributed by atoms with Crippen molar-refractivity contribution in [1.29, 1.82) is 0 Å². The van der Waals surface area contributed by atoms with Gasteiger partial charge in [-0.05, 0) is 34.9 Å². The van der Waals surface area contributed by atoms with Crippen LogP contribution >= 0.6 is 34.4 Å². The van der Waals surface area contributed by atoms with Crippen LogP contribution in [0.1, 0.15) is 50.7 Å². The second kappa shape index (κ2) is 7.79. The molecule has 0 aromatic carbocycles.